The predicted octanol–water partition coefficient (Wildman–Crippen LogP) is 3.86. The molecule has 0 radical (unpaired) electrons. The second-order valence-corrected chi connectivity index (χ2v) is 5.10. The van der Waals surface area contributed by atoms with E-state index in [0.29, 0.717) is 18.5 Å². The van der Waals surface area contributed by atoms with Crippen LogP contribution in [0.2, 0.25) is 0 Å². The van der Waals surface area contributed by atoms with Crippen LogP contribution in [0.5, 0.6) is 5.88 Å². The van der Waals surface area contributed by atoms with Crippen molar-refractivity contribution in [1.29, 1.82) is 0 Å². The summed E-state index contributed by atoms with van der Waals surface area (Å²) in [6.45, 7) is 4.94. The summed E-state index contributed by atoms with van der Waals surface area (Å²) in [5.74, 6) is 1.60. The highest BCUT2D eigenvalue weighted by Crippen LogP contribution is 2.28. The van der Waals surface area contributed by atoms with E-state index in [0.717, 1.165) is 11.6 Å². The van der Waals surface area contributed by atoms with Gasteiger partial charge in [0.15, 0.2) is 0 Å². The zero-order valence-corrected chi connectivity index (χ0v) is 11.5. The highest BCUT2D eigenvalue weighted by molar-refractivity contribution is 5.43. The first-order chi connectivity index (χ1) is 8.81. The lowest BCUT2D eigenvalue weighted by Gasteiger charge is -2.29. The third-order valence-corrected chi connectivity index (χ3v) is 3.76. The van der Waals surface area contributed by atoms with Crippen LogP contribution in [0.4, 0.5) is 5.69 Å². The van der Waals surface area contributed by atoms with Crippen molar-refractivity contribution in [3.63, 3.8) is 0 Å². The fourth-order valence-electron chi connectivity index (χ4n) is 2.73. The Balaban J connectivity index is 1.88. The van der Waals surface area contributed by atoms with Crippen LogP contribution in [-0.4, -0.2) is 17.6 Å². The Labute approximate surface area is 110 Å². The minimum Gasteiger partial charge on any atom is -0.478 e. The zero-order valence-electron chi connectivity index (χ0n) is 11.5. The number of hydrogen-bond acceptors (Lipinski definition) is 3. The number of nitrogens with zero attached hydrogens (tertiary/aromatic N) is 1. The number of rotatable bonds is 5. The van der Waals surface area contributed by atoms with Crippen molar-refractivity contribution in [3.05, 3.63) is 18.3 Å². The monoisotopic (exact) mass is 248 g/mol. The second kappa shape index (κ2) is 6.62. The number of nitrogens with one attached hydrogen (secondary N) is 1. The van der Waals surface area contributed by atoms with E-state index in [1.54, 1.807) is 0 Å². The first-order valence-corrected chi connectivity index (χ1v) is 7.17. The molecular formula is C15H24N2O. The van der Waals surface area contributed by atoms with Crippen molar-refractivity contribution in [2.45, 2.75) is 52.0 Å². The molecule has 2 atom stereocenters. The molecule has 3 heteroatoms. The summed E-state index contributed by atoms with van der Waals surface area (Å²) in [6, 6.07) is 4.61. The van der Waals surface area contributed by atoms with Crippen LogP contribution < -0.4 is 10.1 Å². The summed E-state index contributed by atoms with van der Waals surface area (Å²) in [4.78, 5) is 4.29. The molecule has 1 aromatic heterocycles. The number of pyridine rings is 1. The summed E-state index contributed by atoms with van der Waals surface area (Å²) in [5.41, 5.74) is 1.11. The maximum absolute atomic E-state index is 5.35. The van der Waals surface area contributed by atoms with Crippen LogP contribution >= 0.6 is 0 Å². The van der Waals surface area contributed by atoms with Crippen LogP contribution in [0.3, 0.4) is 0 Å². The Morgan fingerprint density at radius 3 is 2.89 bits per heavy atom. The Bertz CT molecular complexity index is 350. The second-order valence-electron chi connectivity index (χ2n) is 5.10. The fourth-order valence-corrected chi connectivity index (χ4v) is 2.73. The van der Waals surface area contributed by atoms with E-state index in [1.165, 1.54) is 32.1 Å². The minimum atomic E-state index is 0.614. The fraction of sp³-hybridized carbons (Fsp3) is 0.667. The highest BCUT2D eigenvalue weighted by atomic mass is 16.5. The lowest BCUT2D eigenvalue weighted by Crippen LogP contribution is -2.27. The van der Waals surface area contributed by atoms with Crippen molar-refractivity contribution in [1.82, 2.24) is 4.98 Å². The summed E-state index contributed by atoms with van der Waals surface area (Å²) in [5, 5.41) is 3.60. The normalized spacial score (nSPS) is 23.7. The average Bonchev–Trinajstić information content (AvgIpc) is 2.42. The van der Waals surface area contributed by atoms with Gasteiger partial charge in [-0.3, -0.25) is 0 Å². The van der Waals surface area contributed by atoms with Gasteiger partial charge in [-0.05, 0) is 31.7 Å². The molecule has 1 aromatic rings. The van der Waals surface area contributed by atoms with E-state index in [9.17, 15) is 0 Å². The van der Waals surface area contributed by atoms with Crippen LogP contribution in [-0.2, 0) is 0 Å². The van der Waals surface area contributed by atoms with Gasteiger partial charge in [-0.1, -0.05) is 26.2 Å². The molecule has 1 fully saturated rings. The summed E-state index contributed by atoms with van der Waals surface area (Å²) >= 11 is 0. The molecule has 100 valence electrons. The molecule has 0 amide bonds. The molecule has 0 saturated heterocycles. The molecule has 3 nitrogen and oxygen atoms in total. The highest BCUT2D eigenvalue weighted by Gasteiger charge is 2.20. The van der Waals surface area contributed by atoms with Crippen molar-refractivity contribution in [2.24, 2.45) is 5.92 Å². The maximum Gasteiger partial charge on any atom is 0.213 e. The zero-order chi connectivity index (χ0) is 12.8. The summed E-state index contributed by atoms with van der Waals surface area (Å²) in [6.07, 6.45) is 8.50. The molecule has 1 aliphatic carbocycles. The van der Waals surface area contributed by atoms with Gasteiger partial charge < -0.3 is 10.1 Å². The first kappa shape index (κ1) is 13.2. The molecular weight excluding hydrogens is 224 g/mol. The van der Waals surface area contributed by atoms with Crippen molar-refractivity contribution in [3.8, 4) is 5.88 Å². The number of hydrogen-bond donors (Lipinski definition) is 1. The van der Waals surface area contributed by atoms with Crippen LogP contribution in [0, 0.1) is 5.92 Å². The lowest BCUT2D eigenvalue weighted by molar-refractivity contribution is 0.325. The van der Waals surface area contributed by atoms with Gasteiger partial charge in [-0.15, -0.1) is 0 Å². The number of anilines is 1. The minimum absolute atomic E-state index is 0.614. The molecule has 0 spiro atoms. The Morgan fingerprint density at radius 2 is 2.22 bits per heavy atom. The van der Waals surface area contributed by atoms with Gasteiger partial charge in [0, 0.05) is 12.1 Å². The van der Waals surface area contributed by atoms with E-state index in [-0.39, 0.29) is 0 Å². The molecule has 0 bridgehead atoms. The van der Waals surface area contributed by atoms with E-state index < -0.39 is 0 Å². The third-order valence-electron chi connectivity index (χ3n) is 3.76. The van der Waals surface area contributed by atoms with Gasteiger partial charge in [0.25, 0.3) is 0 Å². The van der Waals surface area contributed by atoms with Crippen molar-refractivity contribution < 1.29 is 4.74 Å². The van der Waals surface area contributed by atoms with E-state index in [2.05, 4.69) is 23.3 Å². The quantitative estimate of drug-likeness (QED) is 0.859. The predicted molar refractivity (Wildman–Crippen MR) is 75.1 cm³/mol. The smallest absolute Gasteiger partial charge is 0.213 e. The molecule has 2 rings (SSSR count). The van der Waals surface area contributed by atoms with Crippen molar-refractivity contribution >= 4 is 5.69 Å². The largest absolute Gasteiger partial charge is 0.478 e. The van der Waals surface area contributed by atoms with Crippen LogP contribution in [0.15, 0.2) is 18.3 Å². The molecule has 1 N–H and O–H groups in total. The number of aromatic nitrogens is 1. The van der Waals surface area contributed by atoms with Gasteiger partial charge in [-0.2, -0.15) is 0 Å². The first-order valence-electron chi connectivity index (χ1n) is 7.17. The van der Waals surface area contributed by atoms with Gasteiger partial charge in [0.05, 0.1) is 18.5 Å². The lowest BCUT2D eigenvalue weighted by atomic mass is 9.84. The SMILES string of the molecule is CCOc1ccc(NC2CCCC(CC)C2)cn1. The molecule has 0 aliphatic heterocycles. The molecule has 1 heterocycles. The Morgan fingerprint density at radius 1 is 1.33 bits per heavy atom. The van der Waals surface area contributed by atoms with E-state index in [4.69, 9.17) is 4.74 Å². The molecule has 1 aliphatic rings. The average molecular weight is 248 g/mol. The van der Waals surface area contributed by atoms with Crippen LogP contribution in [0.25, 0.3) is 0 Å². The molecule has 1 saturated carbocycles. The Hall–Kier alpha value is -1.25. The standard InChI is InChI=1S/C15H24N2O/c1-3-12-6-5-7-13(10-12)17-14-8-9-15(16-11-14)18-4-2/h8-9,11-13,17H,3-7,10H2,1-2H3. The molecule has 2 unspecified atom stereocenters. The summed E-state index contributed by atoms with van der Waals surface area (Å²) < 4.78 is 5.35. The number of ether oxygens (including phenoxy) is 1. The van der Waals surface area contributed by atoms with Gasteiger partial charge >= 0.3 is 0 Å². The Kier molecular flexibility index (Phi) is 4.85. The van der Waals surface area contributed by atoms with Gasteiger partial charge in [0.1, 0.15) is 0 Å². The summed E-state index contributed by atoms with van der Waals surface area (Å²) in [7, 11) is 0. The van der Waals surface area contributed by atoms with Gasteiger partial charge in [-0.25, -0.2) is 4.98 Å². The van der Waals surface area contributed by atoms with Gasteiger partial charge in [0.2, 0.25) is 5.88 Å². The third kappa shape index (κ3) is 3.62. The van der Waals surface area contributed by atoms with E-state index in [1.807, 2.05) is 19.2 Å². The topological polar surface area (TPSA) is 34.1 Å². The maximum atomic E-state index is 5.35. The van der Waals surface area contributed by atoms with Crippen LogP contribution in [0.1, 0.15) is 46.0 Å². The van der Waals surface area contributed by atoms with Crippen molar-refractivity contribution in [2.75, 3.05) is 11.9 Å². The molecule has 18 heavy (non-hydrogen) atoms. The van der Waals surface area contributed by atoms with E-state index >= 15 is 0 Å². The molecule has 0 aromatic carbocycles.